The summed E-state index contributed by atoms with van der Waals surface area (Å²) in [6.45, 7) is 7.07. The number of anilines is 2. The van der Waals surface area contributed by atoms with E-state index in [4.69, 9.17) is 4.98 Å². The van der Waals surface area contributed by atoms with Crippen LogP contribution in [0.1, 0.15) is 45.6 Å². The number of nitrogens with one attached hydrogen (secondary N) is 1. The number of hydrogen-bond donors (Lipinski definition) is 1. The molecule has 3 aromatic heterocycles. The zero-order valence-electron chi connectivity index (χ0n) is 18.8. The van der Waals surface area contributed by atoms with Gasteiger partial charge in [0, 0.05) is 59.2 Å². The number of halogens is 1. The highest BCUT2D eigenvalue weighted by Crippen LogP contribution is 2.30. The van der Waals surface area contributed by atoms with Crippen molar-refractivity contribution in [2.45, 2.75) is 33.1 Å². The van der Waals surface area contributed by atoms with Gasteiger partial charge in [0.1, 0.15) is 5.82 Å². The molecule has 5 rings (SSSR count). The molecule has 1 N–H and O–H groups in total. The van der Waals surface area contributed by atoms with Crippen LogP contribution in [-0.4, -0.2) is 43.5 Å². The van der Waals surface area contributed by atoms with Gasteiger partial charge in [-0.1, -0.05) is 0 Å². The van der Waals surface area contributed by atoms with E-state index in [1.54, 1.807) is 22.7 Å². The van der Waals surface area contributed by atoms with Gasteiger partial charge in [0.2, 0.25) is 0 Å². The van der Waals surface area contributed by atoms with Gasteiger partial charge in [-0.25, -0.2) is 13.9 Å². The summed E-state index contributed by atoms with van der Waals surface area (Å²) in [5, 5.41) is 7.80. The van der Waals surface area contributed by atoms with Gasteiger partial charge in [0.05, 0.1) is 0 Å². The van der Waals surface area contributed by atoms with Crippen LogP contribution in [0.5, 0.6) is 0 Å². The fourth-order valence-electron chi connectivity index (χ4n) is 4.41. The molecule has 0 aliphatic carbocycles. The van der Waals surface area contributed by atoms with Crippen LogP contribution in [-0.2, 0) is 0 Å². The molecule has 0 bridgehead atoms. The maximum Gasteiger partial charge on any atom is 0.274 e. The number of likely N-dealkylation sites (tertiary alicyclic amines) is 1. The van der Waals surface area contributed by atoms with E-state index in [0.29, 0.717) is 24.4 Å². The molecule has 33 heavy (non-hydrogen) atoms. The molecule has 0 spiro atoms. The summed E-state index contributed by atoms with van der Waals surface area (Å²) in [4.78, 5) is 24.2. The second kappa shape index (κ2) is 8.27. The van der Waals surface area contributed by atoms with E-state index in [1.807, 2.05) is 43.9 Å². The van der Waals surface area contributed by atoms with Crippen LogP contribution in [0.4, 0.5) is 15.8 Å². The number of benzene rings is 1. The average Bonchev–Trinajstić information content (AvgIpc) is 3.42. The summed E-state index contributed by atoms with van der Waals surface area (Å²) in [6, 6.07) is 13.9. The number of amides is 1. The molecule has 1 unspecified atom stereocenters. The van der Waals surface area contributed by atoms with Gasteiger partial charge >= 0.3 is 0 Å². The molecule has 1 aliphatic rings. The first kappa shape index (κ1) is 21.1. The van der Waals surface area contributed by atoms with E-state index < -0.39 is 0 Å². The van der Waals surface area contributed by atoms with E-state index in [0.717, 1.165) is 40.6 Å². The first-order valence-corrected chi connectivity index (χ1v) is 11.0. The molecule has 4 aromatic rings. The molecule has 4 heterocycles. The van der Waals surface area contributed by atoms with Crippen molar-refractivity contribution in [3.8, 4) is 0 Å². The fraction of sp³-hybridized carbons (Fsp3) is 0.280. The Labute approximate surface area is 191 Å². The lowest BCUT2D eigenvalue weighted by Crippen LogP contribution is -2.29. The normalized spacial score (nSPS) is 15.9. The van der Waals surface area contributed by atoms with Gasteiger partial charge in [0.15, 0.2) is 11.3 Å². The molecular weight excluding hydrogens is 419 g/mol. The number of nitrogens with zero attached hydrogens (tertiary/aromatic N) is 5. The highest BCUT2D eigenvalue weighted by Gasteiger charge is 2.30. The van der Waals surface area contributed by atoms with Crippen LogP contribution in [0.15, 0.2) is 48.5 Å². The lowest BCUT2D eigenvalue weighted by atomic mass is 10.0. The van der Waals surface area contributed by atoms with Crippen molar-refractivity contribution in [1.82, 2.24) is 24.5 Å². The van der Waals surface area contributed by atoms with E-state index in [9.17, 15) is 9.18 Å². The SMILES string of the molecule is Cc1cc(Nc2ccc(F)cc2)cc(C2CCN(C(=O)c3cc4nc(C)cc(C)n4n3)C2)n1. The molecule has 7 nitrogen and oxygen atoms in total. The summed E-state index contributed by atoms with van der Waals surface area (Å²) < 4.78 is 14.9. The molecule has 1 saturated heterocycles. The van der Waals surface area contributed by atoms with Gasteiger partial charge in [-0.05, 0) is 69.7 Å². The Hall–Kier alpha value is -3.81. The molecule has 1 fully saturated rings. The Kier molecular flexibility index (Phi) is 5.28. The van der Waals surface area contributed by atoms with Gasteiger partial charge in [-0.2, -0.15) is 5.10 Å². The van der Waals surface area contributed by atoms with Gasteiger partial charge < -0.3 is 10.2 Å². The fourth-order valence-corrected chi connectivity index (χ4v) is 4.41. The number of fused-ring (bicyclic) bond motifs is 1. The van der Waals surface area contributed by atoms with Crippen LogP contribution < -0.4 is 5.32 Å². The summed E-state index contributed by atoms with van der Waals surface area (Å²) in [6.07, 6.45) is 0.835. The number of hydrogen-bond acceptors (Lipinski definition) is 5. The number of carbonyl (C=O) groups excluding carboxylic acids is 1. The number of aryl methyl sites for hydroxylation is 3. The molecule has 1 amide bonds. The van der Waals surface area contributed by atoms with Crippen molar-refractivity contribution in [3.05, 3.63) is 82.8 Å². The van der Waals surface area contributed by atoms with Crippen LogP contribution in [0, 0.1) is 26.6 Å². The number of rotatable bonds is 4. The van der Waals surface area contributed by atoms with Crippen molar-refractivity contribution in [1.29, 1.82) is 0 Å². The van der Waals surface area contributed by atoms with Crippen LogP contribution >= 0.6 is 0 Å². The zero-order chi connectivity index (χ0) is 23.1. The quantitative estimate of drug-likeness (QED) is 0.499. The molecular formula is C25H25FN6O. The van der Waals surface area contributed by atoms with E-state index in [2.05, 4.69) is 15.4 Å². The molecule has 1 atom stereocenters. The predicted molar refractivity (Wildman–Crippen MR) is 124 cm³/mol. The Balaban J connectivity index is 1.33. The van der Waals surface area contributed by atoms with Crippen molar-refractivity contribution < 1.29 is 9.18 Å². The van der Waals surface area contributed by atoms with E-state index >= 15 is 0 Å². The van der Waals surface area contributed by atoms with Crippen molar-refractivity contribution in [3.63, 3.8) is 0 Å². The lowest BCUT2D eigenvalue weighted by Gasteiger charge is -2.16. The molecule has 1 aliphatic heterocycles. The topological polar surface area (TPSA) is 75.4 Å². The molecule has 8 heteroatoms. The average molecular weight is 445 g/mol. The minimum Gasteiger partial charge on any atom is -0.355 e. The summed E-state index contributed by atoms with van der Waals surface area (Å²) in [5.41, 5.74) is 6.47. The Morgan fingerprint density at radius 1 is 1.00 bits per heavy atom. The van der Waals surface area contributed by atoms with E-state index in [-0.39, 0.29) is 17.6 Å². The molecule has 1 aromatic carbocycles. The highest BCUT2D eigenvalue weighted by atomic mass is 19.1. The minimum atomic E-state index is -0.269. The minimum absolute atomic E-state index is 0.0858. The lowest BCUT2D eigenvalue weighted by molar-refractivity contribution is 0.0784. The second-order valence-electron chi connectivity index (χ2n) is 8.63. The highest BCUT2D eigenvalue weighted by molar-refractivity contribution is 5.93. The third kappa shape index (κ3) is 4.28. The smallest absolute Gasteiger partial charge is 0.274 e. The van der Waals surface area contributed by atoms with Crippen LogP contribution in [0.2, 0.25) is 0 Å². The Bertz CT molecular complexity index is 1350. The van der Waals surface area contributed by atoms with Gasteiger partial charge in [0.25, 0.3) is 5.91 Å². The Morgan fingerprint density at radius 2 is 1.76 bits per heavy atom. The summed E-state index contributed by atoms with van der Waals surface area (Å²) in [7, 11) is 0. The largest absolute Gasteiger partial charge is 0.355 e. The standard InChI is InChI=1S/C25H25FN6O/c1-15-10-17(3)32-24(28-15)13-23(30-32)25(33)31-9-8-18(14-31)22-12-21(11-16(2)27-22)29-20-6-4-19(26)5-7-20/h4-7,10-13,18H,8-9,14H2,1-3H3,(H,27,29). The van der Waals surface area contributed by atoms with E-state index in [1.165, 1.54) is 12.1 Å². The van der Waals surface area contributed by atoms with Gasteiger partial charge in [-0.3, -0.25) is 9.78 Å². The second-order valence-corrected chi connectivity index (χ2v) is 8.63. The first-order valence-electron chi connectivity index (χ1n) is 11.0. The number of carbonyl (C=O) groups is 1. The maximum atomic E-state index is 13.2. The molecule has 0 saturated carbocycles. The Morgan fingerprint density at radius 3 is 2.55 bits per heavy atom. The summed E-state index contributed by atoms with van der Waals surface area (Å²) >= 11 is 0. The summed E-state index contributed by atoms with van der Waals surface area (Å²) in [5.74, 6) is -0.214. The molecule has 0 radical (unpaired) electrons. The maximum absolute atomic E-state index is 13.2. The van der Waals surface area contributed by atoms with Crippen LogP contribution in [0.3, 0.4) is 0 Å². The third-order valence-electron chi connectivity index (χ3n) is 5.95. The number of pyridine rings is 1. The van der Waals surface area contributed by atoms with Gasteiger partial charge in [-0.15, -0.1) is 0 Å². The first-order chi connectivity index (χ1) is 15.9. The molecule has 168 valence electrons. The van der Waals surface area contributed by atoms with Crippen LogP contribution in [0.25, 0.3) is 5.65 Å². The van der Waals surface area contributed by atoms with Crippen molar-refractivity contribution in [2.24, 2.45) is 0 Å². The zero-order valence-corrected chi connectivity index (χ0v) is 18.8. The number of aromatic nitrogens is 4. The third-order valence-corrected chi connectivity index (χ3v) is 5.95. The predicted octanol–water partition coefficient (Wildman–Crippen LogP) is 4.56. The van der Waals surface area contributed by atoms with Crippen molar-refractivity contribution in [2.75, 3.05) is 18.4 Å². The monoisotopic (exact) mass is 444 g/mol. The van der Waals surface area contributed by atoms with Crippen molar-refractivity contribution >= 4 is 22.9 Å².